The van der Waals surface area contributed by atoms with E-state index in [0.29, 0.717) is 5.69 Å². The molecule has 0 spiro atoms. The monoisotopic (exact) mass is 236 g/mol. The minimum Gasteiger partial charge on any atom is -0.321 e. The number of hydrogen-bond donors (Lipinski definition) is 2. The fourth-order valence-electron chi connectivity index (χ4n) is 1.33. The van der Waals surface area contributed by atoms with Crippen molar-refractivity contribution in [2.75, 3.05) is 0 Å². The number of pyridine rings is 2. The molecule has 2 aromatic heterocycles. The van der Waals surface area contributed by atoms with Gasteiger partial charge in [-0.25, -0.2) is 0 Å². The Balaban J connectivity index is 2.63. The van der Waals surface area contributed by atoms with Gasteiger partial charge < -0.3 is 9.79 Å². The topological polar surface area (TPSA) is 83.3 Å². The molecule has 0 aliphatic heterocycles. The Hall–Kier alpha value is -1.55. The predicted octanol–water partition coefficient (Wildman–Crippen LogP) is 0.947. The molecule has 0 aliphatic rings. The van der Waals surface area contributed by atoms with Crippen LogP contribution in [0.1, 0.15) is 0 Å². The highest BCUT2D eigenvalue weighted by molar-refractivity contribution is 7.60. The van der Waals surface area contributed by atoms with Gasteiger partial charge in [0.25, 0.3) is 0 Å². The van der Waals surface area contributed by atoms with E-state index in [9.17, 15) is 14.4 Å². The molecule has 0 aliphatic carbocycles. The van der Waals surface area contributed by atoms with Crippen LogP contribution in [0.2, 0.25) is 0 Å². The van der Waals surface area contributed by atoms with E-state index in [4.69, 9.17) is 0 Å². The number of hydrogen-bond acceptors (Lipinski definition) is 3. The standard InChI is InChI=1S/C10H9N2O3P/c13-16(14,15)9-5-3-7-12-10(9)8-4-1-2-6-11-8/h1-7H,(H2,13,14,15). The van der Waals surface area contributed by atoms with Crippen molar-refractivity contribution < 1.29 is 14.4 Å². The molecular weight excluding hydrogens is 227 g/mol. The second-order valence-electron chi connectivity index (χ2n) is 3.13. The summed E-state index contributed by atoms with van der Waals surface area (Å²) in [7, 11) is -4.32. The van der Waals surface area contributed by atoms with Gasteiger partial charge in [0.2, 0.25) is 0 Å². The van der Waals surface area contributed by atoms with Gasteiger partial charge >= 0.3 is 7.60 Å². The summed E-state index contributed by atoms with van der Waals surface area (Å²) in [5, 5.41) is -0.103. The molecule has 0 aromatic carbocycles. The van der Waals surface area contributed by atoms with Crippen molar-refractivity contribution >= 4 is 12.9 Å². The lowest BCUT2D eigenvalue weighted by atomic mass is 10.2. The van der Waals surface area contributed by atoms with Crippen LogP contribution in [0.25, 0.3) is 11.4 Å². The van der Waals surface area contributed by atoms with Gasteiger partial charge in [0.15, 0.2) is 0 Å². The SMILES string of the molecule is O=P(O)(O)c1cccnc1-c1ccccn1. The summed E-state index contributed by atoms with van der Waals surface area (Å²) >= 11 is 0. The largest absolute Gasteiger partial charge is 0.358 e. The summed E-state index contributed by atoms with van der Waals surface area (Å²) < 4.78 is 11.3. The molecule has 0 amide bonds. The van der Waals surface area contributed by atoms with Crippen LogP contribution >= 0.6 is 7.60 Å². The molecule has 82 valence electrons. The zero-order valence-electron chi connectivity index (χ0n) is 8.19. The van der Waals surface area contributed by atoms with Crippen LogP contribution < -0.4 is 5.30 Å². The van der Waals surface area contributed by atoms with Gasteiger partial charge in [0.05, 0.1) is 11.0 Å². The highest BCUT2D eigenvalue weighted by Crippen LogP contribution is 2.36. The number of rotatable bonds is 2. The molecule has 2 N–H and O–H groups in total. The Morgan fingerprint density at radius 2 is 1.75 bits per heavy atom. The van der Waals surface area contributed by atoms with E-state index in [1.54, 1.807) is 24.4 Å². The summed E-state index contributed by atoms with van der Waals surface area (Å²) in [6.07, 6.45) is 3.02. The third-order valence-corrected chi connectivity index (χ3v) is 3.00. The fourth-order valence-corrected chi connectivity index (χ4v) is 2.06. The van der Waals surface area contributed by atoms with Crippen LogP contribution in [0.5, 0.6) is 0 Å². The molecule has 0 unspecified atom stereocenters. The van der Waals surface area contributed by atoms with Gasteiger partial charge in [0.1, 0.15) is 5.69 Å². The van der Waals surface area contributed by atoms with Crippen LogP contribution in [0, 0.1) is 0 Å². The maximum absolute atomic E-state index is 11.3. The Bertz CT molecular complexity index is 539. The van der Waals surface area contributed by atoms with Crippen LogP contribution in [-0.2, 0) is 4.57 Å². The van der Waals surface area contributed by atoms with Crippen LogP contribution in [0.15, 0.2) is 42.7 Å². The van der Waals surface area contributed by atoms with Gasteiger partial charge in [-0.2, -0.15) is 0 Å². The smallest absolute Gasteiger partial charge is 0.321 e. The molecule has 5 nitrogen and oxygen atoms in total. The van der Waals surface area contributed by atoms with Crippen molar-refractivity contribution in [3.05, 3.63) is 42.7 Å². The lowest BCUT2D eigenvalue weighted by Crippen LogP contribution is -2.10. The first-order valence-corrected chi connectivity index (χ1v) is 6.13. The third-order valence-electron chi connectivity index (χ3n) is 2.01. The summed E-state index contributed by atoms with van der Waals surface area (Å²) in [6, 6.07) is 7.96. The Morgan fingerprint density at radius 1 is 1.00 bits per heavy atom. The van der Waals surface area contributed by atoms with Gasteiger partial charge in [-0.3, -0.25) is 14.5 Å². The van der Waals surface area contributed by atoms with Crippen LogP contribution in [-0.4, -0.2) is 19.8 Å². The summed E-state index contributed by atoms with van der Waals surface area (Å²) in [5.74, 6) is 0. The molecule has 2 rings (SSSR count). The molecule has 2 aromatic rings. The van der Waals surface area contributed by atoms with Gasteiger partial charge in [0, 0.05) is 12.4 Å². The van der Waals surface area contributed by atoms with Crippen molar-refractivity contribution in [1.82, 2.24) is 9.97 Å². The first-order chi connectivity index (χ1) is 7.59. The predicted molar refractivity (Wildman–Crippen MR) is 59.1 cm³/mol. The molecule has 6 heteroatoms. The fraction of sp³-hybridized carbons (Fsp3) is 0. The van der Waals surface area contributed by atoms with Crippen molar-refractivity contribution in [3.63, 3.8) is 0 Å². The molecule has 0 radical (unpaired) electrons. The van der Waals surface area contributed by atoms with Crippen molar-refractivity contribution in [2.24, 2.45) is 0 Å². The highest BCUT2D eigenvalue weighted by Gasteiger charge is 2.23. The van der Waals surface area contributed by atoms with Crippen LogP contribution in [0.3, 0.4) is 0 Å². The lowest BCUT2D eigenvalue weighted by molar-refractivity contribution is 0.387. The van der Waals surface area contributed by atoms with E-state index in [1.165, 1.54) is 18.3 Å². The molecule has 0 saturated carbocycles. The molecule has 0 bridgehead atoms. The van der Waals surface area contributed by atoms with Crippen molar-refractivity contribution in [1.29, 1.82) is 0 Å². The second-order valence-corrected chi connectivity index (χ2v) is 4.70. The number of nitrogens with zero attached hydrogens (tertiary/aromatic N) is 2. The molecule has 0 fully saturated rings. The first-order valence-electron chi connectivity index (χ1n) is 4.51. The zero-order valence-corrected chi connectivity index (χ0v) is 9.08. The normalized spacial score (nSPS) is 11.4. The van der Waals surface area contributed by atoms with E-state index in [0.717, 1.165) is 0 Å². The van der Waals surface area contributed by atoms with E-state index in [1.807, 2.05) is 0 Å². The highest BCUT2D eigenvalue weighted by atomic mass is 31.2. The maximum Gasteiger partial charge on any atom is 0.358 e. The minimum absolute atomic E-state index is 0.103. The Morgan fingerprint density at radius 3 is 2.38 bits per heavy atom. The first kappa shape index (κ1) is 11.0. The average molecular weight is 236 g/mol. The van der Waals surface area contributed by atoms with E-state index >= 15 is 0 Å². The third kappa shape index (κ3) is 2.17. The van der Waals surface area contributed by atoms with Gasteiger partial charge in [-0.05, 0) is 24.3 Å². The quantitative estimate of drug-likeness (QED) is 0.758. The van der Waals surface area contributed by atoms with Crippen LogP contribution in [0.4, 0.5) is 0 Å². The summed E-state index contributed by atoms with van der Waals surface area (Å²) in [4.78, 5) is 26.3. The number of aromatic nitrogens is 2. The van der Waals surface area contributed by atoms with E-state index in [-0.39, 0.29) is 11.0 Å². The summed E-state index contributed by atoms with van der Waals surface area (Å²) in [5.41, 5.74) is 0.665. The minimum atomic E-state index is -4.32. The Labute approximate surface area is 92.0 Å². The second kappa shape index (κ2) is 4.14. The molecule has 0 saturated heterocycles. The Kier molecular flexibility index (Phi) is 2.83. The van der Waals surface area contributed by atoms with Gasteiger partial charge in [-0.15, -0.1) is 0 Å². The average Bonchev–Trinajstić information content (AvgIpc) is 2.29. The molecule has 16 heavy (non-hydrogen) atoms. The van der Waals surface area contributed by atoms with E-state index < -0.39 is 7.60 Å². The molecular formula is C10H9N2O3P. The summed E-state index contributed by atoms with van der Waals surface area (Å²) in [6.45, 7) is 0. The molecule has 2 heterocycles. The van der Waals surface area contributed by atoms with Crippen molar-refractivity contribution in [3.8, 4) is 11.4 Å². The van der Waals surface area contributed by atoms with Crippen molar-refractivity contribution in [2.45, 2.75) is 0 Å². The molecule has 0 atom stereocenters. The maximum atomic E-state index is 11.3. The van der Waals surface area contributed by atoms with Gasteiger partial charge in [-0.1, -0.05) is 6.07 Å². The zero-order chi connectivity index (χ0) is 11.6. The van der Waals surface area contributed by atoms with E-state index in [2.05, 4.69) is 9.97 Å². The lowest BCUT2D eigenvalue weighted by Gasteiger charge is -2.08.